The van der Waals surface area contributed by atoms with Gasteiger partial charge in [-0.25, -0.2) is 0 Å². The van der Waals surface area contributed by atoms with Gasteiger partial charge in [-0.2, -0.15) is 8.78 Å². The number of amides is 2. The third-order valence-electron chi connectivity index (χ3n) is 3.14. The Hall–Kier alpha value is -2.72. The molecule has 0 aliphatic carbocycles. The number of halogens is 2. The molecule has 6 nitrogen and oxygen atoms in total. The minimum atomic E-state index is -2.49. The van der Waals surface area contributed by atoms with Crippen LogP contribution < -0.4 is 21.5 Å². The molecule has 4 N–H and O–H groups in total. The number of thioether (sulfide) groups is 1. The van der Waals surface area contributed by atoms with E-state index in [2.05, 4.69) is 21.5 Å². The lowest BCUT2D eigenvalue weighted by atomic mass is 10.2. The molecule has 0 aromatic heterocycles. The van der Waals surface area contributed by atoms with E-state index in [1.54, 1.807) is 36.4 Å². The molecule has 0 fully saturated rings. The molecular weight excluding hydrogens is 394 g/mol. The molecule has 0 aliphatic rings. The Labute approximate surface area is 164 Å². The number of hydrogen-bond donors (Lipinski definition) is 4. The predicted molar refractivity (Wildman–Crippen MR) is 106 cm³/mol. The summed E-state index contributed by atoms with van der Waals surface area (Å²) >= 11 is 5.43. The Morgan fingerprint density at radius 3 is 2.04 bits per heavy atom. The molecule has 142 valence electrons. The number of hydrogen-bond acceptors (Lipinski definition) is 4. The van der Waals surface area contributed by atoms with Crippen molar-refractivity contribution in [3.63, 3.8) is 0 Å². The standard InChI is InChI=1S/C17H16F2N4O2S2/c1-10-2-4-11(5-3-10)20-14(24)15(25)22-23-17(26)21-12-6-8-13(9-7-12)27-16(18)19/h2-9,16H,1H3,(H,20,24)(H,22,25)(H2,21,23,26). The lowest BCUT2D eigenvalue weighted by Gasteiger charge is -2.12. The average molecular weight is 410 g/mol. The van der Waals surface area contributed by atoms with Crippen molar-refractivity contribution in [2.24, 2.45) is 0 Å². The van der Waals surface area contributed by atoms with Crippen molar-refractivity contribution < 1.29 is 18.4 Å². The Bertz CT molecular complexity index is 815. The molecule has 0 radical (unpaired) electrons. The SMILES string of the molecule is Cc1ccc(NC(=O)C(=O)NNC(=S)Nc2ccc(SC(F)F)cc2)cc1. The lowest BCUT2D eigenvalue weighted by Crippen LogP contribution is -2.48. The maximum atomic E-state index is 12.3. The third-order valence-corrected chi connectivity index (χ3v) is 4.07. The van der Waals surface area contributed by atoms with Crippen LogP contribution in [0.25, 0.3) is 0 Å². The molecule has 0 spiro atoms. The lowest BCUT2D eigenvalue weighted by molar-refractivity contribution is -0.136. The monoisotopic (exact) mass is 410 g/mol. The van der Waals surface area contributed by atoms with Crippen molar-refractivity contribution in [2.75, 3.05) is 10.6 Å². The summed E-state index contributed by atoms with van der Waals surface area (Å²) in [5.41, 5.74) is 6.60. The number of carbonyl (C=O) groups excluding carboxylic acids is 2. The van der Waals surface area contributed by atoms with Crippen LogP contribution in [0.3, 0.4) is 0 Å². The summed E-state index contributed by atoms with van der Waals surface area (Å²) in [4.78, 5) is 24.0. The number of rotatable bonds is 4. The summed E-state index contributed by atoms with van der Waals surface area (Å²) in [6.45, 7) is 1.90. The van der Waals surface area contributed by atoms with Gasteiger partial charge in [0.1, 0.15) is 0 Å². The van der Waals surface area contributed by atoms with Gasteiger partial charge in [0.05, 0.1) is 0 Å². The second kappa shape index (κ2) is 9.83. The van der Waals surface area contributed by atoms with Crippen LogP contribution in [0.1, 0.15) is 5.56 Å². The van der Waals surface area contributed by atoms with E-state index >= 15 is 0 Å². The van der Waals surface area contributed by atoms with Gasteiger partial charge in [0.2, 0.25) is 0 Å². The highest BCUT2D eigenvalue weighted by Crippen LogP contribution is 2.26. The molecule has 2 aromatic rings. The highest BCUT2D eigenvalue weighted by atomic mass is 32.2. The fourth-order valence-corrected chi connectivity index (χ4v) is 2.54. The van der Waals surface area contributed by atoms with Gasteiger partial charge in [-0.05, 0) is 55.5 Å². The zero-order valence-corrected chi connectivity index (χ0v) is 15.7. The van der Waals surface area contributed by atoms with Crippen LogP contribution in [0, 0.1) is 6.92 Å². The van der Waals surface area contributed by atoms with E-state index < -0.39 is 17.6 Å². The largest absolute Gasteiger partial charge is 0.331 e. The second-order valence-corrected chi connectivity index (χ2v) is 6.73. The number of benzene rings is 2. The zero-order chi connectivity index (χ0) is 19.8. The van der Waals surface area contributed by atoms with Crippen molar-refractivity contribution in [3.8, 4) is 0 Å². The number of alkyl halides is 2. The smallest absolute Gasteiger partial charge is 0.328 e. The number of thiocarbonyl (C=S) groups is 1. The Morgan fingerprint density at radius 1 is 0.889 bits per heavy atom. The highest BCUT2D eigenvalue weighted by Gasteiger charge is 2.13. The highest BCUT2D eigenvalue weighted by molar-refractivity contribution is 7.99. The van der Waals surface area contributed by atoms with E-state index in [-0.39, 0.29) is 5.11 Å². The molecule has 0 heterocycles. The summed E-state index contributed by atoms with van der Waals surface area (Å²) in [5, 5.41) is 5.22. The molecular formula is C17H16F2N4O2S2. The summed E-state index contributed by atoms with van der Waals surface area (Å²) in [5.74, 6) is -4.28. The first-order valence-electron chi connectivity index (χ1n) is 7.63. The van der Waals surface area contributed by atoms with Crippen molar-refractivity contribution in [1.29, 1.82) is 0 Å². The van der Waals surface area contributed by atoms with E-state index in [9.17, 15) is 18.4 Å². The van der Waals surface area contributed by atoms with Crippen molar-refractivity contribution >= 4 is 52.3 Å². The summed E-state index contributed by atoms with van der Waals surface area (Å²) in [6, 6.07) is 13.1. The fraction of sp³-hybridized carbons (Fsp3) is 0.118. The van der Waals surface area contributed by atoms with Crippen molar-refractivity contribution in [2.45, 2.75) is 17.6 Å². The molecule has 2 amide bonds. The van der Waals surface area contributed by atoms with Gasteiger partial charge in [-0.15, -0.1) is 0 Å². The van der Waals surface area contributed by atoms with Gasteiger partial charge in [-0.3, -0.25) is 20.4 Å². The first-order chi connectivity index (χ1) is 12.8. The Morgan fingerprint density at radius 2 is 1.44 bits per heavy atom. The minimum Gasteiger partial charge on any atom is -0.331 e. The van der Waals surface area contributed by atoms with Crippen LogP contribution >= 0.6 is 24.0 Å². The molecule has 0 saturated carbocycles. The van der Waals surface area contributed by atoms with Gasteiger partial charge in [0.25, 0.3) is 5.76 Å². The molecule has 2 rings (SSSR count). The molecule has 2 aromatic carbocycles. The molecule has 0 bridgehead atoms. The van der Waals surface area contributed by atoms with Crippen LogP contribution in [0.15, 0.2) is 53.4 Å². The van der Waals surface area contributed by atoms with Crippen LogP contribution in [-0.2, 0) is 9.59 Å². The van der Waals surface area contributed by atoms with Gasteiger partial charge in [0.15, 0.2) is 5.11 Å². The second-order valence-electron chi connectivity index (χ2n) is 5.26. The maximum Gasteiger partial charge on any atom is 0.328 e. The van der Waals surface area contributed by atoms with E-state index in [0.29, 0.717) is 28.0 Å². The fourth-order valence-electron chi connectivity index (χ4n) is 1.88. The quantitative estimate of drug-likeness (QED) is 0.268. The normalized spacial score (nSPS) is 10.2. The number of anilines is 2. The molecule has 0 saturated heterocycles. The summed E-state index contributed by atoms with van der Waals surface area (Å²) < 4.78 is 24.5. The van der Waals surface area contributed by atoms with Crippen molar-refractivity contribution in [1.82, 2.24) is 10.9 Å². The number of aryl methyl sites for hydroxylation is 1. The van der Waals surface area contributed by atoms with Crippen LogP contribution in [-0.4, -0.2) is 22.7 Å². The first kappa shape index (κ1) is 20.6. The summed E-state index contributed by atoms with van der Waals surface area (Å²) in [7, 11) is 0. The first-order valence-corrected chi connectivity index (χ1v) is 8.92. The van der Waals surface area contributed by atoms with Crippen LogP contribution in [0.2, 0.25) is 0 Å². The molecule has 10 heteroatoms. The molecule has 0 unspecified atom stereocenters. The van der Waals surface area contributed by atoms with E-state index in [1.807, 2.05) is 6.92 Å². The number of nitrogens with one attached hydrogen (secondary N) is 4. The van der Waals surface area contributed by atoms with E-state index in [4.69, 9.17) is 12.2 Å². The summed E-state index contributed by atoms with van der Waals surface area (Å²) in [6.07, 6.45) is 0. The number of hydrazine groups is 1. The van der Waals surface area contributed by atoms with Gasteiger partial charge < -0.3 is 10.6 Å². The van der Waals surface area contributed by atoms with E-state index in [0.717, 1.165) is 5.56 Å². The van der Waals surface area contributed by atoms with Gasteiger partial charge in [-0.1, -0.05) is 29.5 Å². The topological polar surface area (TPSA) is 82.3 Å². The zero-order valence-electron chi connectivity index (χ0n) is 14.1. The van der Waals surface area contributed by atoms with Crippen molar-refractivity contribution in [3.05, 3.63) is 54.1 Å². The molecule has 0 atom stereocenters. The van der Waals surface area contributed by atoms with Gasteiger partial charge in [0, 0.05) is 16.3 Å². The van der Waals surface area contributed by atoms with E-state index in [1.165, 1.54) is 12.1 Å². The molecule has 27 heavy (non-hydrogen) atoms. The number of carbonyl (C=O) groups is 2. The third kappa shape index (κ3) is 7.19. The Balaban J connectivity index is 1.77. The predicted octanol–water partition coefficient (Wildman–Crippen LogP) is 3.27. The van der Waals surface area contributed by atoms with Gasteiger partial charge >= 0.3 is 11.8 Å². The van der Waals surface area contributed by atoms with Crippen LogP contribution in [0.5, 0.6) is 0 Å². The maximum absolute atomic E-state index is 12.3. The minimum absolute atomic E-state index is 0.0285. The molecule has 0 aliphatic heterocycles. The Kier molecular flexibility index (Phi) is 7.50. The average Bonchev–Trinajstić information content (AvgIpc) is 2.62. The van der Waals surface area contributed by atoms with Crippen LogP contribution in [0.4, 0.5) is 20.2 Å².